The zero-order chi connectivity index (χ0) is 14.8. The van der Waals surface area contributed by atoms with E-state index >= 15 is 0 Å². The molecule has 0 atom stereocenters. The van der Waals surface area contributed by atoms with Crippen molar-refractivity contribution in [2.45, 2.75) is 13.0 Å². The fourth-order valence-corrected chi connectivity index (χ4v) is 2.74. The molecule has 0 radical (unpaired) electrons. The molecule has 2 amide bonds. The van der Waals surface area contributed by atoms with Crippen LogP contribution in [0, 0.1) is 0 Å². The summed E-state index contributed by atoms with van der Waals surface area (Å²) in [4.78, 5) is 14.1. The highest BCUT2D eigenvalue weighted by atomic mass is 35.5. The largest absolute Gasteiger partial charge is 0.398 e. The smallest absolute Gasteiger partial charge is 0.322 e. The van der Waals surface area contributed by atoms with Gasteiger partial charge in [-0.25, -0.2) is 4.79 Å². The second-order valence-corrected chi connectivity index (χ2v) is 5.53. The van der Waals surface area contributed by atoms with Gasteiger partial charge in [0.1, 0.15) is 0 Å². The highest BCUT2D eigenvalue weighted by molar-refractivity contribution is 6.30. The lowest BCUT2D eigenvalue weighted by Gasteiger charge is -2.29. The Morgan fingerprint density at radius 2 is 2.05 bits per heavy atom. The molecule has 0 aliphatic carbocycles. The van der Waals surface area contributed by atoms with Crippen LogP contribution in [-0.4, -0.2) is 17.5 Å². The van der Waals surface area contributed by atoms with Gasteiger partial charge in [-0.05, 0) is 41.8 Å². The predicted molar refractivity (Wildman–Crippen MR) is 85.4 cm³/mol. The summed E-state index contributed by atoms with van der Waals surface area (Å²) in [6, 6.07) is 12.9. The van der Waals surface area contributed by atoms with Gasteiger partial charge < -0.3 is 16.0 Å². The van der Waals surface area contributed by atoms with Gasteiger partial charge in [-0.1, -0.05) is 29.8 Å². The third kappa shape index (κ3) is 2.95. The molecule has 1 heterocycles. The lowest BCUT2D eigenvalue weighted by molar-refractivity contribution is 0.206. The van der Waals surface area contributed by atoms with Crippen LogP contribution in [-0.2, 0) is 13.0 Å². The molecule has 108 valence electrons. The van der Waals surface area contributed by atoms with Crippen LogP contribution in [0.1, 0.15) is 11.1 Å². The lowest BCUT2D eigenvalue weighted by atomic mass is 9.98. The van der Waals surface area contributed by atoms with Gasteiger partial charge in [-0.2, -0.15) is 0 Å². The molecule has 2 aromatic carbocycles. The number of nitrogens with one attached hydrogen (secondary N) is 1. The Balaban J connectivity index is 1.74. The Hall–Kier alpha value is -2.20. The topological polar surface area (TPSA) is 58.4 Å². The highest BCUT2D eigenvalue weighted by Crippen LogP contribution is 2.25. The number of carbonyl (C=O) groups is 1. The molecule has 21 heavy (non-hydrogen) atoms. The number of benzene rings is 2. The van der Waals surface area contributed by atoms with Crippen molar-refractivity contribution in [2.75, 3.05) is 17.6 Å². The number of nitrogens with zero attached hydrogens (tertiary/aromatic N) is 1. The lowest BCUT2D eigenvalue weighted by Crippen LogP contribution is -2.39. The number of nitrogens with two attached hydrogens (primary N) is 1. The summed E-state index contributed by atoms with van der Waals surface area (Å²) >= 11 is 5.92. The van der Waals surface area contributed by atoms with E-state index < -0.39 is 0 Å². The molecule has 0 saturated heterocycles. The van der Waals surface area contributed by atoms with Crippen LogP contribution in [0.25, 0.3) is 0 Å². The number of rotatable bonds is 1. The SMILES string of the molecule is Nc1cccc2c1CN(C(=O)Nc1cccc(Cl)c1)CC2. The van der Waals surface area contributed by atoms with Crippen molar-refractivity contribution in [2.24, 2.45) is 0 Å². The van der Waals surface area contributed by atoms with Crippen LogP contribution in [0.4, 0.5) is 16.2 Å². The maximum atomic E-state index is 12.3. The van der Waals surface area contributed by atoms with E-state index in [2.05, 4.69) is 11.4 Å². The number of amides is 2. The van der Waals surface area contributed by atoms with Gasteiger partial charge in [0.2, 0.25) is 0 Å². The molecule has 4 nitrogen and oxygen atoms in total. The Morgan fingerprint density at radius 3 is 2.86 bits per heavy atom. The first-order valence-corrected chi connectivity index (χ1v) is 7.19. The normalized spacial score (nSPS) is 13.7. The van der Waals surface area contributed by atoms with Gasteiger partial charge in [-0.3, -0.25) is 0 Å². The summed E-state index contributed by atoms with van der Waals surface area (Å²) in [6.07, 6.45) is 0.823. The zero-order valence-electron chi connectivity index (χ0n) is 11.5. The number of nitrogen functional groups attached to an aromatic ring is 1. The maximum absolute atomic E-state index is 12.3. The van der Waals surface area contributed by atoms with E-state index in [9.17, 15) is 4.79 Å². The quantitative estimate of drug-likeness (QED) is 0.792. The Labute approximate surface area is 128 Å². The molecule has 3 rings (SSSR count). The summed E-state index contributed by atoms with van der Waals surface area (Å²) in [5.74, 6) is 0. The average molecular weight is 302 g/mol. The fourth-order valence-electron chi connectivity index (χ4n) is 2.55. The molecular weight excluding hydrogens is 286 g/mol. The molecule has 0 saturated carbocycles. The van der Waals surface area contributed by atoms with Crippen molar-refractivity contribution in [3.05, 3.63) is 58.6 Å². The van der Waals surface area contributed by atoms with E-state index in [1.165, 1.54) is 5.56 Å². The van der Waals surface area contributed by atoms with Crippen LogP contribution < -0.4 is 11.1 Å². The molecular formula is C16H16ClN3O. The second kappa shape index (κ2) is 5.66. The van der Waals surface area contributed by atoms with Crippen LogP contribution in [0.3, 0.4) is 0 Å². The summed E-state index contributed by atoms with van der Waals surface area (Å²) in [6.45, 7) is 1.22. The van der Waals surface area contributed by atoms with E-state index in [0.717, 1.165) is 17.7 Å². The predicted octanol–water partition coefficient (Wildman–Crippen LogP) is 3.51. The van der Waals surface area contributed by atoms with Crippen LogP contribution in [0.5, 0.6) is 0 Å². The maximum Gasteiger partial charge on any atom is 0.322 e. The minimum atomic E-state index is -0.133. The van der Waals surface area contributed by atoms with E-state index in [4.69, 9.17) is 17.3 Å². The monoisotopic (exact) mass is 301 g/mol. The van der Waals surface area contributed by atoms with E-state index in [1.807, 2.05) is 18.2 Å². The second-order valence-electron chi connectivity index (χ2n) is 5.10. The average Bonchev–Trinajstić information content (AvgIpc) is 2.47. The Morgan fingerprint density at radius 1 is 1.24 bits per heavy atom. The first-order chi connectivity index (χ1) is 10.1. The van der Waals surface area contributed by atoms with Crippen LogP contribution in [0.15, 0.2) is 42.5 Å². The highest BCUT2D eigenvalue weighted by Gasteiger charge is 2.22. The molecule has 1 aliphatic heterocycles. The number of carbonyl (C=O) groups excluding carboxylic acids is 1. The number of urea groups is 1. The van der Waals surface area contributed by atoms with Crippen molar-refractivity contribution in [1.29, 1.82) is 0 Å². The molecule has 0 aromatic heterocycles. The van der Waals surface area contributed by atoms with Crippen molar-refractivity contribution in [3.8, 4) is 0 Å². The third-order valence-corrected chi connectivity index (χ3v) is 3.91. The fraction of sp³-hybridized carbons (Fsp3) is 0.188. The van der Waals surface area contributed by atoms with Crippen molar-refractivity contribution < 1.29 is 4.79 Å². The minimum Gasteiger partial charge on any atom is -0.398 e. The van der Waals surface area contributed by atoms with Gasteiger partial charge in [0.05, 0.1) is 0 Å². The van der Waals surface area contributed by atoms with Crippen LogP contribution in [0.2, 0.25) is 5.02 Å². The summed E-state index contributed by atoms with van der Waals surface area (Å²) in [5, 5.41) is 3.46. The molecule has 0 unspecified atom stereocenters. The van der Waals surface area contributed by atoms with Crippen molar-refractivity contribution in [3.63, 3.8) is 0 Å². The minimum absolute atomic E-state index is 0.133. The Bertz CT molecular complexity index is 687. The first-order valence-electron chi connectivity index (χ1n) is 6.81. The van der Waals surface area contributed by atoms with Crippen LogP contribution >= 0.6 is 11.6 Å². The van der Waals surface area contributed by atoms with E-state index in [-0.39, 0.29) is 6.03 Å². The number of fused-ring (bicyclic) bond motifs is 1. The summed E-state index contributed by atoms with van der Waals surface area (Å²) in [5.41, 5.74) is 9.71. The molecule has 0 fully saturated rings. The molecule has 2 aromatic rings. The van der Waals surface area contributed by atoms with E-state index in [0.29, 0.717) is 23.8 Å². The van der Waals surface area contributed by atoms with Gasteiger partial charge in [0.25, 0.3) is 0 Å². The number of hydrogen-bond acceptors (Lipinski definition) is 2. The van der Waals surface area contributed by atoms with Gasteiger partial charge in [-0.15, -0.1) is 0 Å². The van der Waals surface area contributed by atoms with Crippen molar-refractivity contribution >= 4 is 29.0 Å². The molecule has 3 N–H and O–H groups in total. The van der Waals surface area contributed by atoms with Gasteiger partial charge in [0.15, 0.2) is 0 Å². The number of hydrogen-bond donors (Lipinski definition) is 2. The molecule has 0 spiro atoms. The molecule has 5 heteroatoms. The standard InChI is InChI=1S/C16H16ClN3O/c17-12-4-2-5-13(9-12)19-16(21)20-8-7-11-3-1-6-15(18)14(11)10-20/h1-6,9H,7-8,10,18H2,(H,19,21). The molecule has 1 aliphatic rings. The summed E-state index contributed by atoms with van der Waals surface area (Å²) < 4.78 is 0. The van der Waals surface area contributed by atoms with Gasteiger partial charge >= 0.3 is 6.03 Å². The molecule has 0 bridgehead atoms. The zero-order valence-corrected chi connectivity index (χ0v) is 12.2. The first kappa shape index (κ1) is 13.8. The third-order valence-electron chi connectivity index (χ3n) is 3.67. The van der Waals surface area contributed by atoms with Gasteiger partial charge in [0, 0.05) is 29.5 Å². The van der Waals surface area contributed by atoms with E-state index in [1.54, 1.807) is 23.1 Å². The number of halogens is 1. The van der Waals surface area contributed by atoms with Crippen molar-refractivity contribution in [1.82, 2.24) is 4.90 Å². The Kier molecular flexibility index (Phi) is 3.71. The number of anilines is 2. The summed E-state index contributed by atoms with van der Waals surface area (Å²) in [7, 11) is 0.